The fraction of sp³-hybridized carbons (Fsp3) is 0.727. The Balaban J connectivity index is 2.33. The highest BCUT2D eigenvalue weighted by Gasteiger charge is 2.42. The zero-order valence-corrected chi connectivity index (χ0v) is 9.44. The molecule has 1 rings (SSSR count). The number of hydrogen-bond donors (Lipinski definition) is 2. The molecule has 1 saturated carbocycles. The van der Waals surface area contributed by atoms with Crippen LogP contribution in [0.2, 0.25) is 0 Å². The summed E-state index contributed by atoms with van der Waals surface area (Å²) >= 11 is 4.25. The van der Waals surface area contributed by atoms with Crippen LogP contribution in [-0.2, 0) is 4.79 Å². The molecule has 0 aromatic rings. The van der Waals surface area contributed by atoms with Crippen LogP contribution in [0.25, 0.3) is 0 Å². The number of hydrogen-bond acceptors (Lipinski definition) is 2. The molecule has 0 saturated heterocycles. The lowest BCUT2D eigenvalue weighted by Gasteiger charge is -2.14. The van der Waals surface area contributed by atoms with Crippen molar-refractivity contribution >= 4 is 18.5 Å². The SMILES string of the molecule is C#CC(CC)NC(=O)CC1(CS)CC1. The van der Waals surface area contributed by atoms with E-state index in [0.717, 1.165) is 25.0 Å². The average molecular weight is 211 g/mol. The monoisotopic (exact) mass is 211 g/mol. The fourth-order valence-corrected chi connectivity index (χ4v) is 1.84. The van der Waals surface area contributed by atoms with Gasteiger partial charge in [0.05, 0.1) is 6.04 Å². The van der Waals surface area contributed by atoms with Crippen LogP contribution < -0.4 is 5.32 Å². The molecule has 1 fully saturated rings. The summed E-state index contributed by atoms with van der Waals surface area (Å²) in [6, 6.07) is -0.113. The van der Waals surface area contributed by atoms with Gasteiger partial charge in [0.25, 0.3) is 0 Å². The van der Waals surface area contributed by atoms with Gasteiger partial charge in [0.2, 0.25) is 5.91 Å². The lowest BCUT2D eigenvalue weighted by atomic mass is 10.0. The highest BCUT2D eigenvalue weighted by Crippen LogP contribution is 2.49. The van der Waals surface area contributed by atoms with Crippen molar-refractivity contribution in [2.75, 3.05) is 5.75 Å². The summed E-state index contributed by atoms with van der Waals surface area (Å²) in [7, 11) is 0. The first-order chi connectivity index (χ1) is 6.65. The molecule has 0 heterocycles. The number of carbonyl (C=O) groups is 1. The van der Waals surface area contributed by atoms with Gasteiger partial charge < -0.3 is 5.32 Å². The van der Waals surface area contributed by atoms with Crippen molar-refractivity contribution in [3.05, 3.63) is 0 Å². The van der Waals surface area contributed by atoms with Crippen LogP contribution in [0.3, 0.4) is 0 Å². The molecule has 1 unspecified atom stereocenters. The normalized spacial score (nSPS) is 19.5. The Labute approximate surface area is 91.2 Å². The maximum absolute atomic E-state index is 11.5. The lowest BCUT2D eigenvalue weighted by Crippen LogP contribution is -2.34. The Morgan fingerprint density at radius 1 is 1.71 bits per heavy atom. The third-order valence-electron chi connectivity index (χ3n) is 2.77. The molecular formula is C11H17NOS. The first-order valence-corrected chi connectivity index (χ1v) is 5.65. The molecule has 1 aliphatic rings. The zero-order chi connectivity index (χ0) is 10.6. The van der Waals surface area contributed by atoms with Crippen molar-refractivity contribution in [3.63, 3.8) is 0 Å². The van der Waals surface area contributed by atoms with Crippen molar-refractivity contribution in [1.29, 1.82) is 0 Å². The van der Waals surface area contributed by atoms with E-state index >= 15 is 0 Å². The largest absolute Gasteiger partial charge is 0.342 e. The van der Waals surface area contributed by atoms with E-state index in [1.165, 1.54) is 0 Å². The predicted octanol–water partition coefficient (Wildman–Crippen LogP) is 1.61. The molecule has 1 N–H and O–H groups in total. The number of thiol groups is 1. The van der Waals surface area contributed by atoms with Crippen LogP contribution in [0.1, 0.15) is 32.6 Å². The second-order valence-corrected chi connectivity index (χ2v) is 4.35. The van der Waals surface area contributed by atoms with Crippen molar-refractivity contribution < 1.29 is 4.79 Å². The molecule has 0 radical (unpaired) electrons. The Morgan fingerprint density at radius 3 is 2.71 bits per heavy atom. The summed E-state index contributed by atoms with van der Waals surface area (Å²) in [5.41, 5.74) is 0.181. The summed E-state index contributed by atoms with van der Waals surface area (Å²) in [6.45, 7) is 1.97. The minimum absolute atomic E-state index is 0.0707. The molecule has 14 heavy (non-hydrogen) atoms. The highest BCUT2D eigenvalue weighted by atomic mass is 32.1. The third kappa shape index (κ3) is 2.95. The fourth-order valence-electron chi connectivity index (χ4n) is 1.42. The second kappa shape index (κ2) is 4.75. The molecule has 2 nitrogen and oxygen atoms in total. The van der Waals surface area contributed by atoms with Gasteiger partial charge in [0.1, 0.15) is 0 Å². The van der Waals surface area contributed by atoms with Gasteiger partial charge in [-0.05, 0) is 30.4 Å². The van der Waals surface area contributed by atoms with E-state index in [1.54, 1.807) is 0 Å². The maximum atomic E-state index is 11.5. The van der Waals surface area contributed by atoms with E-state index in [0.29, 0.717) is 6.42 Å². The van der Waals surface area contributed by atoms with Crippen LogP contribution in [0.4, 0.5) is 0 Å². The van der Waals surface area contributed by atoms with E-state index < -0.39 is 0 Å². The zero-order valence-electron chi connectivity index (χ0n) is 8.55. The smallest absolute Gasteiger partial charge is 0.221 e. The molecular weight excluding hydrogens is 194 g/mol. The molecule has 0 spiro atoms. The molecule has 1 atom stereocenters. The molecule has 1 aliphatic carbocycles. The first-order valence-electron chi connectivity index (χ1n) is 5.02. The molecule has 0 aromatic heterocycles. The Bertz CT molecular complexity index is 253. The maximum Gasteiger partial charge on any atom is 0.221 e. The molecule has 1 amide bonds. The highest BCUT2D eigenvalue weighted by molar-refractivity contribution is 7.80. The van der Waals surface area contributed by atoms with Gasteiger partial charge in [-0.15, -0.1) is 6.42 Å². The van der Waals surface area contributed by atoms with E-state index in [9.17, 15) is 4.79 Å². The van der Waals surface area contributed by atoms with Crippen LogP contribution in [0, 0.1) is 17.8 Å². The van der Waals surface area contributed by atoms with Gasteiger partial charge >= 0.3 is 0 Å². The molecule has 78 valence electrons. The second-order valence-electron chi connectivity index (χ2n) is 4.03. The standard InChI is InChI=1S/C11H17NOS/c1-3-9(4-2)12-10(13)7-11(8-14)5-6-11/h1,9,14H,4-8H2,2H3,(H,12,13). The number of nitrogens with one attached hydrogen (secondary N) is 1. The number of rotatable bonds is 5. The topological polar surface area (TPSA) is 29.1 Å². The Hall–Kier alpha value is -0.620. The van der Waals surface area contributed by atoms with E-state index in [2.05, 4.69) is 23.9 Å². The molecule has 0 aromatic carbocycles. The predicted molar refractivity (Wildman–Crippen MR) is 61.2 cm³/mol. The first kappa shape index (κ1) is 11.5. The van der Waals surface area contributed by atoms with Crippen molar-refractivity contribution in [1.82, 2.24) is 5.32 Å². The number of amides is 1. The van der Waals surface area contributed by atoms with Gasteiger partial charge in [-0.25, -0.2) is 0 Å². The average Bonchev–Trinajstić information content (AvgIpc) is 2.95. The van der Waals surface area contributed by atoms with Crippen LogP contribution in [0.5, 0.6) is 0 Å². The summed E-state index contributed by atoms with van der Waals surface area (Å²) in [4.78, 5) is 11.5. The minimum Gasteiger partial charge on any atom is -0.342 e. The Kier molecular flexibility index (Phi) is 3.88. The number of terminal acetylenes is 1. The quantitative estimate of drug-likeness (QED) is 0.525. The third-order valence-corrected chi connectivity index (χ3v) is 3.44. The van der Waals surface area contributed by atoms with E-state index in [4.69, 9.17) is 6.42 Å². The number of carbonyl (C=O) groups excluding carboxylic acids is 1. The van der Waals surface area contributed by atoms with Gasteiger partial charge in [-0.3, -0.25) is 4.79 Å². The van der Waals surface area contributed by atoms with E-state index in [-0.39, 0.29) is 17.4 Å². The van der Waals surface area contributed by atoms with Gasteiger partial charge in [-0.2, -0.15) is 12.6 Å². The van der Waals surface area contributed by atoms with Crippen LogP contribution in [0.15, 0.2) is 0 Å². The van der Waals surface area contributed by atoms with Crippen LogP contribution >= 0.6 is 12.6 Å². The summed E-state index contributed by atoms with van der Waals surface area (Å²) in [5, 5.41) is 2.84. The molecule has 0 aliphatic heterocycles. The van der Waals surface area contributed by atoms with Crippen molar-refractivity contribution in [3.8, 4) is 12.3 Å². The summed E-state index contributed by atoms with van der Waals surface area (Å²) in [5.74, 6) is 3.43. The lowest BCUT2D eigenvalue weighted by molar-refractivity contribution is -0.122. The molecule has 0 bridgehead atoms. The van der Waals surface area contributed by atoms with Crippen molar-refractivity contribution in [2.45, 2.75) is 38.6 Å². The minimum atomic E-state index is -0.113. The Morgan fingerprint density at radius 2 is 2.36 bits per heavy atom. The van der Waals surface area contributed by atoms with Crippen molar-refractivity contribution in [2.24, 2.45) is 5.41 Å². The summed E-state index contributed by atoms with van der Waals surface area (Å²) in [6.07, 6.45) is 8.87. The van der Waals surface area contributed by atoms with Gasteiger partial charge in [-0.1, -0.05) is 12.8 Å². The van der Waals surface area contributed by atoms with Crippen LogP contribution in [-0.4, -0.2) is 17.7 Å². The molecule has 3 heteroatoms. The van der Waals surface area contributed by atoms with E-state index in [1.807, 2.05) is 6.92 Å². The van der Waals surface area contributed by atoms with Gasteiger partial charge in [0, 0.05) is 6.42 Å². The van der Waals surface area contributed by atoms with Gasteiger partial charge in [0.15, 0.2) is 0 Å². The summed E-state index contributed by atoms with van der Waals surface area (Å²) < 4.78 is 0.